The predicted octanol–water partition coefficient (Wildman–Crippen LogP) is 2.28. The van der Waals surface area contributed by atoms with Gasteiger partial charge < -0.3 is 14.6 Å². The van der Waals surface area contributed by atoms with Crippen molar-refractivity contribution in [3.8, 4) is 0 Å². The first kappa shape index (κ1) is 17.4. The number of carbonyl (C=O) groups excluding carboxylic acids is 1. The number of piperidine rings is 1. The Balaban J connectivity index is 1.39. The van der Waals surface area contributed by atoms with Crippen LogP contribution in [0.2, 0.25) is 0 Å². The van der Waals surface area contributed by atoms with Gasteiger partial charge in [0.1, 0.15) is 0 Å². The summed E-state index contributed by atoms with van der Waals surface area (Å²) in [5.41, 5.74) is 1.66. The van der Waals surface area contributed by atoms with Crippen LogP contribution in [-0.2, 0) is 13.6 Å². The van der Waals surface area contributed by atoms with Crippen LogP contribution >= 0.6 is 0 Å². The number of hydrogen-bond donors (Lipinski definition) is 1. The van der Waals surface area contributed by atoms with E-state index in [9.17, 15) is 9.90 Å². The minimum absolute atomic E-state index is 0.0516. The third-order valence-electron chi connectivity index (χ3n) is 6.37. The zero-order chi connectivity index (χ0) is 19.5. The largest absolute Gasteiger partial charge is 0.388 e. The molecule has 1 N–H and O–H groups in total. The number of aliphatic hydroxyl groups is 1. The van der Waals surface area contributed by atoms with Crippen molar-refractivity contribution in [2.75, 3.05) is 0 Å². The van der Waals surface area contributed by atoms with E-state index in [2.05, 4.69) is 20.7 Å². The van der Waals surface area contributed by atoms with E-state index in [-0.39, 0.29) is 18.0 Å². The Bertz CT molecular complexity index is 1040. The fourth-order valence-corrected chi connectivity index (χ4v) is 5.22. The predicted molar refractivity (Wildman–Crippen MR) is 105 cm³/mol. The summed E-state index contributed by atoms with van der Waals surface area (Å²) in [5, 5.41) is 16.9. The summed E-state index contributed by atoms with van der Waals surface area (Å²) < 4.78 is 3.78. The van der Waals surface area contributed by atoms with E-state index in [1.165, 1.54) is 0 Å². The molecule has 146 valence electrons. The molecule has 5 heterocycles. The Kier molecular flexibility index (Phi) is 3.84. The van der Waals surface area contributed by atoms with Crippen molar-refractivity contribution < 1.29 is 9.90 Å². The van der Waals surface area contributed by atoms with Gasteiger partial charge in [-0.05, 0) is 44.7 Å². The fraction of sp³-hybridized carbons (Fsp3) is 0.476. The zero-order valence-corrected chi connectivity index (χ0v) is 16.2. The Labute approximate surface area is 163 Å². The Hall–Kier alpha value is -2.67. The van der Waals surface area contributed by atoms with Crippen molar-refractivity contribution in [1.29, 1.82) is 0 Å². The van der Waals surface area contributed by atoms with Crippen LogP contribution in [0.5, 0.6) is 0 Å². The summed E-state index contributed by atoms with van der Waals surface area (Å²) in [6, 6.07) is 4.20. The first-order valence-electron chi connectivity index (χ1n) is 9.88. The molecule has 1 amide bonds. The Morgan fingerprint density at radius 1 is 1.29 bits per heavy atom. The molecular weight excluding hydrogens is 354 g/mol. The van der Waals surface area contributed by atoms with E-state index >= 15 is 0 Å². The first-order valence-corrected chi connectivity index (χ1v) is 9.88. The molecule has 5 rings (SSSR count). The van der Waals surface area contributed by atoms with Crippen molar-refractivity contribution in [2.24, 2.45) is 7.05 Å². The molecule has 2 saturated heterocycles. The highest BCUT2D eigenvalue weighted by Gasteiger charge is 2.49. The molecule has 2 aliphatic heterocycles. The second-order valence-corrected chi connectivity index (χ2v) is 8.41. The molecule has 2 aliphatic rings. The minimum Gasteiger partial charge on any atom is -0.388 e. The molecule has 7 heteroatoms. The van der Waals surface area contributed by atoms with Gasteiger partial charge in [0.15, 0.2) is 0 Å². The van der Waals surface area contributed by atoms with Crippen molar-refractivity contribution in [3.05, 3.63) is 48.2 Å². The van der Waals surface area contributed by atoms with Crippen LogP contribution in [0.4, 0.5) is 0 Å². The lowest BCUT2D eigenvalue weighted by Gasteiger charge is -2.44. The number of rotatable bonds is 3. The fourth-order valence-electron chi connectivity index (χ4n) is 5.22. The van der Waals surface area contributed by atoms with Crippen LogP contribution in [0.25, 0.3) is 10.9 Å². The highest BCUT2D eigenvalue weighted by molar-refractivity contribution is 5.95. The Morgan fingerprint density at radius 3 is 2.71 bits per heavy atom. The van der Waals surface area contributed by atoms with Gasteiger partial charge in [-0.3, -0.25) is 14.5 Å². The number of aromatic nitrogens is 4. The monoisotopic (exact) mass is 379 g/mol. The molecule has 0 saturated carbocycles. The number of aryl methyl sites for hydroxylation is 2. The number of nitrogens with zero attached hydrogens (tertiary/aromatic N) is 5. The average molecular weight is 379 g/mol. The van der Waals surface area contributed by atoms with Crippen LogP contribution in [-0.4, -0.2) is 52.9 Å². The average Bonchev–Trinajstić information content (AvgIpc) is 3.29. The van der Waals surface area contributed by atoms with Gasteiger partial charge in [0.25, 0.3) is 5.91 Å². The van der Waals surface area contributed by atoms with Crippen molar-refractivity contribution in [3.63, 3.8) is 0 Å². The summed E-state index contributed by atoms with van der Waals surface area (Å²) in [5.74, 6) is 0.0516. The second-order valence-electron chi connectivity index (χ2n) is 8.41. The minimum atomic E-state index is -0.811. The molecule has 2 bridgehead atoms. The molecule has 0 unspecified atom stereocenters. The van der Waals surface area contributed by atoms with Crippen molar-refractivity contribution >= 4 is 16.8 Å². The van der Waals surface area contributed by atoms with Crippen molar-refractivity contribution in [1.82, 2.24) is 24.2 Å². The Morgan fingerprint density at radius 2 is 2.04 bits per heavy atom. The number of fused-ring (bicyclic) bond motifs is 3. The van der Waals surface area contributed by atoms with Crippen LogP contribution in [0.15, 0.2) is 36.9 Å². The van der Waals surface area contributed by atoms with Gasteiger partial charge in [-0.25, -0.2) is 0 Å². The van der Waals surface area contributed by atoms with E-state index in [0.717, 1.165) is 29.4 Å². The SMILES string of the molecule is Cc1nn(C)cc1C(=O)N1[C@@H]2CC[C@@H]1CC(O)(Cn1ccc3ccncc31)C2. The highest BCUT2D eigenvalue weighted by Crippen LogP contribution is 2.42. The summed E-state index contributed by atoms with van der Waals surface area (Å²) in [6.07, 6.45) is 10.6. The topological polar surface area (TPSA) is 76.2 Å². The summed E-state index contributed by atoms with van der Waals surface area (Å²) in [4.78, 5) is 19.4. The van der Waals surface area contributed by atoms with Gasteiger partial charge in [0, 0.05) is 43.1 Å². The normalized spacial score (nSPS) is 26.9. The first-order chi connectivity index (χ1) is 13.4. The number of pyridine rings is 1. The zero-order valence-electron chi connectivity index (χ0n) is 16.2. The molecule has 2 atom stereocenters. The maximum absolute atomic E-state index is 13.2. The smallest absolute Gasteiger partial charge is 0.257 e. The van der Waals surface area contributed by atoms with Crippen LogP contribution in [0.1, 0.15) is 41.7 Å². The molecule has 2 fully saturated rings. The summed E-state index contributed by atoms with van der Waals surface area (Å²) >= 11 is 0. The third-order valence-corrected chi connectivity index (χ3v) is 6.37. The van der Waals surface area contributed by atoms with Crippen LogP contribution in [0.3, 0.4) is 0 Å². The molecule has 28 heavy (non-hydrogen) atoms. The maximum Gasteiger partial charge on any atom is 0.257 e. The molecule has 0 aromatic carbocycles. The maximum atomic E-state index is 13.2. The quantitative estimate of drug-likeness (QED) is 0.757. The molecule has 7 nitrogen and oxygen atoms in total. The van der Waals surface area contributed by atoms with Gasteiger partial charge >= 0.3 is 0 Å². The van der Waals surface area contributed by atoms with Gasteiger partial charge in [-0.1, -0.05) is 0 Å². The lowest BCUT2D eigenvalue weighted by Crippen LogP contribution is -2.54. The lowest BCUT2D eigenvalue weighted by atomic mass is 9.85. The van der Waals surface area contributed by atoms with Crippen molar-refractivity contribution in [2.45, 2.75) is 56.8 Å². The van der Waals surface area contributed by atoms with E-state index in [0.29, 0.717) is 24.9 Å². The van der Waals surface area contributed by atoms with Gasteiger partial charge in [-0.2, -0.15) is 5.10 Å². The second kappa shape index (κ2) is 6.17. The molecular formula is C21H25N5O2. The number of carbonyl (C=O) groups is 1. The van der Waals surface area contributed by atoms with Gasteiger partial charge in [0.2, 0.25) is 0 Å². The summed E-state index contributed by atoms with van der Waals surface area (Å²) in [7, 11) is 1.84. The van der Waals surface area contributed by atoms with Crippen LogP contribution < -0.4 is 0 Å². The molecule has 0 aliphatic carbocycles. The van der Waals surface area contributed by atoms with Gasteiger partial charge in [-0.15, -0.1) is 0 Å². The van der Waals surface area contributed by atoms with Gasteiger partial charge in [0.05, 0.1) is 35.1 Å². The standard InChI is InChI=1S/C21H25N5O2/c1-14-18(12-24(2)23-14)20(27)26-16-3-4-17(26)10-21(28,9-16)13-25-8-6-15-5-7-22-11-19(15)25/h5-8,11-12,16-17,28H,3-4,9-10,13H2,1-2H3/t16-,17-/m1/s1. The number of hydrogen-bond acceptors (Lipinski definition) is 4. The summed E-state index contributed by atoms with van der Waals surface area (Å²) in [6.45, 7) is 2.41. The van der Waals surface area contributed by atoms with E-state index in [4.69, 9.17) is 0 Å². The van der Waals surface area contributed by atoms with E-state index < -0.39 is 5.60 Å². The lowest BCUT2D eigenvalue weighted by molar-refractivity contribution is -0.0533. The third kappa shape index (κ3) is 2.73. The van der Waals surface area contributed by atoms with E-state index in [1.54, 1.807) is 17.1 Å². The van der Waals surface area contributed by atoms with E-state index in [1.807, 2.05) is 37.3 Å². The molecule has 0 spiro atoms. The molecule has 3 aromatic heterocycles. The highest BCUT2D eigenvalue weighted by atomic mass is 16.3. The molecule has 3 aromatic rings. The number of amides is 1. The molecule has 0 radical (unpaired) electrons. The van der Waals surface area contributed by atoms with Crippen LogP contribution in [0, 0.1) is 6.92 Å².